The summed E-state index contributed by atoms with van der Waals surface area (Å²) in [4.78, 5) is 11.8. The summed E-state index contributed by atoms with van der Waals surface area (Å²) >= 11 is 5.86. The van der Waals surface area contributed by atoms with Gasteiger partial charge in [0.15, 0.2) is 5.69 Å². The van der Waals surface area contributed by atoms with Crippen molar-refractivity contribution in [1.29, 1.82) is 0 Å². The van der Waals surface area contributed by atoms with Gasteiger partial charge in [-0.3, -0.25) is 4.79 Å². The Labute approximate surface area is 108 Å². The third-order valence-electron chi connectivity index (χ3n) is 2.37. The normalized spacial score (nSPS) is 10.4. The number of aromatic hydroxyl groups is 1. The van der Waals surface area contributed by atoms with Crippen LogP contribution >= 0.6 is 11.6 Å². The van der Waals surface area contributed by atoms with Crippen molar-refractivity contribution in [3.05, 3.63) is 40.2 Å². The molecule has 1 heterocycles. The lowest BCUT2D eigenvalue weighted by Crippen LogP contribution is -2.12. The maximum Gasteiger partial charge on any atom is 0.277 e. The number of nitrogens with zero attached hydrogens (tertiary/aromatic N) is 1. The fourth-order valence-corrected chi connectivity index (χ4v) is 1.76. The van der Waals surface area contributed by atoms with Crippen LogP contribution in [0.1, 0.15) is 21.8 Å². The summed E-state index contributed by atoms with van der Waals surface area (Å²) in [5, 5.41) is 16.3. The molecule has 0 aliphatic carbocycles. The van der Waals surface area contributed by atoms with E-state index in [1.165, 1.54) is 12.1 Å². The van der Waals surface area contributed by atoms with Crippen molar-refractivity contribution in [1.82, 2.24) is 5.16 Å². The first-order valence-electron chi connectivity index (χ1n) is 5.21. The molecule has 2 rings (SSSR count). The summed E-state index contributed by atoms with van der Waals surface area (Å²) in [6, 6.07) is 4.57. The van der Waals surface area contributed by atoms with Crippen molar-refractivity contribution < 1.29 is 14.4 Å². The van der Waals surface area contributed by atoms with E-state index < -0.39 is 5.91 Å². The molecule has 0 bridgehead atoms. The molecule has 0 saturated carbocycles. The minimum atomic E-state index is -0.469. The standard InChI is InChI=1S/C12H11ClN2O3/c1-6-3-8(13)5-9(11(6)16)14-12(17)10-4-7(2)18-15-10/h3-5,16H,1-2H3,(H,14,17). The van der Waals surface area contributed by atoms with Crippen molar-refractivity contribution in [3.8, 4) is 5.75 Å². The second-order valence-electron chi connectivity index (χ2n) is 3.90. The lowest BCUT2D eigenvalue weighted by molar-refractivity contribution is 0.101. The summed E-state index contributed by atoms with van der Waals surface area (Å²) in [5.41, 5.74) is 0.962. The van der Waals surface area contributed by atoms with Gasteiger partial charge in [0.25, 0.3) is 5.91 Å². The third-order valence-corrected chi connectivity index (χ3v) is 2.59. The van der Waals surface area contributed by atoms with Gasteiger partial charge in [0, 0.05) is 11.1 Å². The molecule has 2 aromatic rings. The average molecular weight is 267 g/mol. The first-order chi connectivity index (χ1) is 8.47. The smallest absolute Gasteiger partial charge is 0.277 e. The van der Waals surface area contributed by atoms with Gasteiger partial charge in [-0.2, -0.15) is 0 Å². The molecule has 0 unspecified atom stereocenters. The second kappa shape index (κ2) is 4.70. The quantitative estimate of drug-likeness (QED) is 0.820. The van der Waals surface area contributed by atoms with Crippen LogP contribution in [-0.4, -0.2) is 16.2 Å². The zero-order valence-corrected chi connectivity index (χ0v) is 10.6. The number of rotatable bonds is 2. The summed E-state index contributed by atoms with van der Waals surface area (Å²) in [7, 11) is 0. The van der Waals surface area contributed by atoms with Crippen LogP contribution in [0.15, 0.2) is 22.7 Å². The highest BCUT2D eigenvalue weighted by Gasteiger charge is 2.14. The minimum absolute atomic E-state index is 0.0204. The van der Waals surface area contributed by atoms with Crippen LogP contribution in [0.25, 0.3) is 0 Å². The number of aryl methyl sites for hydroxylation is 2. The molecule has 0 aliphatic heterocycles. The van der Waals surface area contributed by atoms with Gasteiger partial charge >= 0.3 is 0 Å². The van der Waals surface area contributed by atoms with Gasteiger partial charge in [0.1, 0.15) is 11.5 Å². The number of anilines is 1. The summed E-state index contributed by atoms with van der Waals surface area (Å²) < 4.78 is 4.80. The van der Waals surface area contributed by atoms with Gasteiger partial charge in [-0.15, -0.1) is 0 Å². The summed E-state index contributed by atoms with van der Waals surface area (Å²) in [6.45, 7) is 3.38. The molecule has 0 aliphatic rings. The molecule has 0 radical (unpaired) electrons. The van der Waals surface area contributed by atoms with E-state index >= 15 is 0 Å². The molecule has 18 heavy (non-hydrogen) atoms. The number of carbonyl (C=O) groups is 1. The summed E-state index contributed by atoms with van der Waals surface area (Å²) in [6.07, 6.45) is 0. The molecule has 94 valence electrons. The highest BCUT2D eigenvalue weighted by atomic mass is 35.5. The van der Waals surface area contributed by atoms with Crippen LogP contribution in [-0.2, 0) is 0 Å². The third kappa shape index (κ3) is 2.46. The first-order valence-corrected chi connectivity index (χ1v) is 5.59. The molecule has 5 nitrogen and oxygen atoms in total. The van der Waals surface area contributed by atoms with Crippen LogP contribution in [0, 0.1) is 13.8 Å². The molecule has 0 atom stereocenters. The van der Waals surface area contributed by atoms with Crippen molar-refractivity contribution >= 4 is 23.2 Å². The van der Waals surface area contributed by atoms with Gasteiger partial charge in [0.2, 0.25) is 0 Å². The zero-order valence-electron chi connectivity index (χ0n) is 9.82. The number of carbonyl (C=O) groups excluding carboxylic acids is 1. The highest BCUT2D eigenvalue weighted by molar-refractivity contribution is 6.31. The van der Waals surface area contributed by atoms with Crippen LogP contribution in [0.2, 0.25) is 5.02 Å². The zero-order chi connectivity index (χ0) is 13.3. The van der Waals surface area contributed by atoms with Crippen LogP contribution < -0.4 is 5.32 Å². The average Bonchev–Trinajstić information content (AvgIpc) is 2.72. The number of hydrogen-bond donors (Lipinski definition) is 2. The molecule has 1 aromatic heterocycles. The molecule has 1 aromatic carbocycles. The lowest BCUT2D eigenvalue weighted by atomic mass is 10.2. The van der Waals surface area contributed by atoms with E-state index in [4.69, 9.17) is 16.1 Å². The molecular weight excluding hydrogens is 256 g/mol. The Morgan fingerprint density at radius 1 is 1.39 bits per heavy atom. The Morgan fingerprint density at radius 2 is 2.11 bits per heavy atom. The largest absolute Gasteiger partial charge is 0.505 e. The van der Waals surface area contributed by atoms with Crippen LogP contribution in [0.3, 0.4) is 0 Å². The Hall–Kier alpha value is -2.01. The Balaban J connectivity index is 2.27. The van der Waals surface area contributed by atoms with Crippen molar-refractivity contribution in [2.24, 2.45) is 0 Å². The van der Waals surface area contributed by atoms with Crippen LogP contribution in [0.5, 0.6) is 5.75 Å². The molecular formula is C12H11ClN2O3. The summed E-state index contributed by atoms with van der Waals surface area (Å²) in [5.74, 6) is 0.0448. The topological polar surface area (TPSA) is 75.4 Å². The SMILES string of the molecule is Cc1cc(C(=O)Nc2cc(Cl)cc(C)c2O)no1. The minimum Gasteiger partial charge on any atom is -0.505 e. The van der Waals surface area contributed by atoms with E-state index in [0.717, 1.165) is 0 Å². The maximum atomic E-state index is 11.8. The Bertz CT molecular complexity index is 607. The highest BCUT2D eigenvalue weighted by Crippen LogP contribution is 2.31. The van der Waals surface area contributed by atoms with Crippen molar-refractivity contribution in [2.45, 2.75) is 13.8 Å². The Morgan fingerprint density at radius 3 is 2.72 bits per heavy atom. The lowest BCUT2D eigenvalue weighted by Gasteiger charge is -2.08. The van der Waals surface area contributed by atoms with Gasteiger partial charge in [-0.1, -0.05) is 16.8 Å². The number of nitrogens with one attached hydrogen (secondary N) is 1. The number of benzene rings is 1. The molecule has 0 fully saturated rings. The van der Waals surface area contributed by atoms with Gasteiger partial charge in [-0.25, -0.2) is 0 Å². The number of aromatic nitrogens is 1. The van der Waals surface area contributed by atoms with E-state index in [1.807, 2.05) is 0 Å². The fourth-order valence-electron chi connectivity index (χ4n) is 1.49. The van der Waals surface area contributed by atoms with Crippen LogP contribution in [0.4, 0.5) is 5.69 Å². The van der Waals surface area contributed by atoms with E-state index in [0.29, 0.717) is 16.3 Å². The predicted octanol–water partition coefficient (Wildman–Crippen LogP) is 2.90. The number of amides is 1. The Kier molecular flexibility index (Phi) is 3.25. The number of phenolic OH excluding ortho intramolecular Hbond substituents is 1. The monoisotopic (exact) mass is 266 g/mol. The van der Waals surface area contributed by atoms with E-state index in [1.54, 1.807) is 19.9 Å². The molecule has 0 saturated heterocycles. The molecule has 6 heteroatoms. The molecule has 1 amide bonds. The van der Waals surface area contributed by atoms with E-state index in [2.05, 4.69) is 10.5 Å². The predicted molar refractivity (Wildman–Crippen MR) is 67.0 cm³/mol. The van der Waals surface area contributed by atoms with Crippen molar-refractivity contribution in [2.75, 3.05) is 5.32 Å². The maximum absolute atomic E-state index is 11.8. The fraction of sp³-hybridized carbons (Fsp3) is 0.167. The van der Waals surface area contributed by atoms with E-state index in [-0.39, 0.29) is 17.1 Å². The molecule has 0 spiro atoms. The number of halogens is 1. The first kappa shape index (κ1) is 12.4. The number of phenols is 1. The van der Waals surface area contributed by atoms with Gasteiger partial charge in [-0.05, 0) is 31.5 Å². The van der Waals surface area contributed by atoms with Gasteiger partial charge < -0.3 is 14.9 Å². The van der Waals surface area contributed by atoms with Gasteiger partial charge in [0.05, 0.1) is 5.69 Å². The second-order valence-corrected chi connectivity index (χ2v) is 4.33. The molecule has 2 N–H and O–H groups in total. The van der Waals surface area contributed by atoms with E-state index in [9.17, 15) is 9.90 Å². The number of hydrogen-bond acceptors (Lipinski definition) is 4. The van der Waals surface area contributed by atoms with Crippen molar-refractivity contribution in [3.63, 3.8) is 0 Å².